The molecule has 2 N–H and O–H groups in total. The number of carboxylic acids is 1. The molecule has 6 heteroatoms. The molecule has 0 bridgehead atoms. The van der Waals surface area contributed by atoms with E-state index in [-0.39, 0.29) is 5.95 Å². The third kappa shape index (κ3) is 2.59. The second kappa shape index (κ2) is 4.78. The molecule has 1 aromatic heterocycles. The summed E-state index contributed by atoms with van der Waals surface area (Å²) in [5, 5.41) is 11.8. The van der Waals surface area contributed by atoms with Gasteiger partial charge in [0.2, 0.25) is 11.8 Å². The zero-order chi connectivity index (χ0) is 12.2. The van der Waals surface area contributed by atoms with Gasteiger partial charge < -0.3 is 15.2 Å². The first kappa shape index (κ1) is 12.2. The van der Waals surface area contributed by atoms with Gasteiger partial charge in [0.25, 0.3) is 0 Å². The minimum atomic E-state index is -1.08. The van der Waals surface area contributed by atoms with E-state index in [1.54, 1.807) is 19.9 Å². The summed E-state index contributed by atoms with van der Waals surface area (Å²) in [6.45, 7) is 3.36. The topological polar surface area (TPSA) is 84.3 Å². The van der Waals surface area contributed by atoms with Gasteiger partial charge in [-0.15, -0.1) is 0 Å². The number of aliphatic carboxylic acids is 1. The molecule has 6 nitrogen and oxygen atoms in total. The summed E-state index contributed by atoms with van der Waals surface area (Å²) in [6.07, 6.45) is 1.93. The zero-order valence-corrected chi connectivity index (χ0v) is 9.52. The molecule has 0 radical (unpaired) electrons. The Balaban J connectivity index is 2.90. The average molecular weight is 225 g/mol. The standard InChI is InChI=1S/C10H15N3O3/c1-4-10(2,8(14)15)13-9-11-6-5-7(12-9)16-3/h5-6H,4H2,1-3H3,(H,14,15)(H,11,12,13). The van der Waals surface area contributed by atoms with Crippen molar-refractivity contribution < 1.29 is 14.6 Å². The fourth-order valence-electron chi connectivity index (χ4n) is 1.06. The Morgan fingerprint density at radius 1 is 1.69 bits per heavy atom. The van der Waals surface area contributed by atoms with Crippen molar-refractivity contribution in [3.05, 3.63) is 12.3 Å². The van der Waals surface area contributed by atoms with Crippen LogP contribution < -0.4 is 10.1 Å². The van der Waals surface area contributed by atoms with E-state index in [1.165, 1.54) is 13.3 Å². The van der Waals surface area contributed by atoms with Crippen LogP contribution in [0, 0.1) is 0 Å². The van der Waals surface area contributed by atoms with Crippen molar-refractivity contribution in [2.24, 2.45) is 0 Å². The van der Waals surface area contributed by atoms with Crippen LogP contribution in [0.15, 0.2) is 12.3 Å². The summed E-state index contributed by atoms with van der Waals surface area (Å²) in [6, 6.07) is 1.59. The van der Waals surface area contributed by atoms with Crippen LogP contribution in [0.2, 0.25) is 0 Å². The lowest BCUT2D eigenvalue weighted by Gasteiger charge is -2.24. The van der Waals surface area contributed by atoms with E-state index < -0.39 is 11.5 Å². The molecule has 0 fully saturated rings. The number of hydrogen-bond acceptors (Lipinski definition) is 5. The van der Waals surface area contributed by atoms with Gasteiger partial charge in [-0.1, -0.05) is 6.92 Å². The number of aromatic nitrogens is 2. The Morgan fingerprint density at radius 3 is 2.88 bits per heavy atom. The number of nitrogens with one attached hydrogen (secondary N) is 1. The molecule has 0 aromatic carbocycles. The molecule has 0 aliphatic rings. The van der Waals surface area contributed by atoms with Gasteiger partial charge in [-0.25, -0.2) is 9.78 Å². The quantitative estimate of drug-likeness (QED) is 0.782. The van der Waals surface area contributed by atoms with Crippen LogP contribution in [-0.4, -0.2) is 33.7 Å². The van der Waals surface area contributed by atoms with Crippen molar-refractivity contribution in [3.63, 3.8) is 0 Å². The molecule has 1 atom stereocenters. The lowest BCUT2D eigenvalue weighted by molar-refractivity contribution is -0.141. The van der Waals surface area contributed by atoms with Gasteiger partial charge in [0, 0.05) is 12.3 Å². The van der Waals surface area contributed by atoms with Crippen LogP contribution in [0.5, 0.6) is 5.88 Å². The number of anilines is 1. The molecule has 1 aromatic rings. The minimum Gasteiger partial charge on any atom is -0.481 e. The number of carbonyl (C=O) groups is 1. The molecule has 16 heavy (non-hydrogen) atoms. The van der Waals surface area contributed by atoms with Crippen molar-refractivity contribution in [2.75, 3.05) is 12.4 Å². The summed E-state index contributed by atoms with van der Waals surface area (Å²) in [5.74, 6) is -0.311. The lowest BCUT2D eigenvalue weighted by Crippen LogP contribution is -2.43. The van der Waals surface area contributed by atoms with Crippen LogP contribution in [-0.2, 0) is 4.79 Å². The predicted octanol–water partition coefficient (Wildman–Crippen LogP) is 1.15. The number of ether oxygens (including phenoxy) is 1. The number of methoxy groups -OCH3 is 1. The fourth-order valence-corrected chi connectivity index (χ4v) is 1.06. The minimum absolute atomic E-state index is 0.242. The molecule has 0 saturated carbocycles. The molecule has 88 valence electrons. The van der Waals surface area contributed by atoms with Gasteiger partial charge in [-0.05, 0) is 13.3 Å². The van der Waals surface area contributed by atoms with Gasteiger partial charge in [-0.2, -0.15) is 4.98 Å². The third-order valence-corrected chi connectivity index (χ3v) is 2.41. The maximum Gasteiger partial charge on any atom is 0.329 e. The van der Waals surface area contributed by atoms with Gasteiger partial charge in [0.15, 0.2) is 0 Å². The summed E-state index contributed by atoms with van der Waals surface area (Å²) >= 11 is 0. The van der Waals surface area contributed by atoms with E-state index in [0.717, 1.165) is 0 Å². The van der Waals surface area contributed by atoms with Gasteiger partial charge in [-0.3, -0.25) is 0 Å². The van der Waals surface area contributed by atoms with Crippen LogP contribution in [0.4, 0.5) is 5.95 Å². The molecule has 0 spiro atoms. The molecule has 1 heterocycles. The molecule has 0 amide bonds. The maximum atomic E-state index is 11.1. The third-order valence-electron chi connectivity index (χ3n) is 2.41. The van der Waals surface area contributed by atoms with Crippen LogP contribution in [0.3, 0.4) is 0 Å². The first-order valence-corrected chi connectivity index (χ1v) is 4.90. The first-order chi connectivity index (χ1) is 7.51. The second-order valence-electron chi connectivity index (χ2n) is 3.54. The normalized spacial score (nSPS) is 13.9. The Kier molecular flexibility index (Phi) is 3.65. The molecular formula is C10H15N3O3. The van der Waals surface area contributed by atoms with Crippen molar-refractivity contribution in [1.82, 2.24) is 9.97 Å². The SMILES string of the molecule is CCC(C)(Nc1nccc(OC)n1)C(=O)O. The molecule has 0 aliphatic heterocycles. The van der Waals surface area contributed by atoms with E-state index in [2.05, 4.69) is 15.3 Å². The Bertz CT molecular complexity index is 383. The number of nitrogens with zero attached hydrogens (tertiary/aromatic N) is 2. The lowest BCUT2D eigenvalue weighted by atomic mass is 10.00. The van der Waals surface area contributed by atoms with E-state index in [0.29, 0.717) is 12.3 Å². The van der Waals surface area contributed by atoms with Crippen LogP contribution in [0.1, 0.15) is 20.3 Å². The second-order valence-corrected chi connectivity index (χ2v) is 3.54. The highest BCUT2D eigenvalue weighted by Gasteiger charge is 2.31. The Hall–Kier alpha value is -1.85. The summed E-state index contributed by atoms with van der Waals surface area (Å²) in [5.41, 5.74) is -1.08. The largest absolute Gasteiger partial charge is 0.481 e. The molecule has 0 aliphatic carbocycles. The summed E-state index contributed by atoms with van der Waals surface area (Å²) in [4.78, 5) is 19.0. The summed E-state index contributed by atoms with van der Waals surface area (Å²) in [7, 11) is 1.49. The van der Waals surface area contributed by atoms with E-state index in [4.69, 9.17) is 9.84 Å². The maximum absolute atomic E-state index is 11.1. The molecular weight excluding hydrogens is 210 g/mol. The van der Waals surface area contributed by atoms with Gasteiger partial charge in [0.05, 0.1) is 7.11 Å². The zero-order valence-electron chi connectivity index (χ0n) is 9.52. The van der Waals surface area contributed by atoms with Crippen molar-refractivity contribution in [1.29, 1.82) is 0 Å². The Morgan fingerprint density at radius 2 is 2.38 bits per heavy atom. The van der Waals surface area contributed by atoms with E-state index >= 15 is 0 Å². The molecule has 1 unspecified atom stereocenters. The van der Waals surface area contributed by atoms with E-state index in [1.807, 2.05) is 0 Å². The predicted molar refractivity (Wildman–Crippen MR) is 58.5 cm³/mol. The van der Waals surface area contributed by atoms with Crippen LogP contribution >= 0.6 is 0 Å². The van der Waals surface area contributed by atoms with Crippen molar-refractivity contribution in [3.8, 4) is 5.88 Å². The number of carboxylic acid groups (broad SMARTS) is 1. The Labute approximate surface area is 93.7 Å². The fraction of sp³-hybridized carbons (Fsp3) is 0.500. The summed E-state index contributed by atoms with van der Waals surface area (Å²) < 4.78 is 4.92. The van der Waals surface area contributed by atoms with Gasteiger partial charge >= 0.3 is 5.97 Å². The van der Waals surface area contributed by atoms with E-state index in [9.17, 15) is 4.79 Å². The smallest absolute Gasteiger partial charge is 0.329 e. The average Bonchev–Trinajstić information content (AvgIpc) is 2.29. The highest BCUT2D eigenvalue weighted by molar-refractivity contribution is 5.81. The highest BCUT2D eigenvalue weighted by atomic mass is 16.5. The monoisotopic (exact) mass is 225 g/mol. The first-order valence-electron chi connectivity index (χ1n) is 4.90. The van der Waals surface area contributed by atoms with Gasteiger partial charge in [0.1, 0.15) is 5.54 Å². The number of rotatable bonds is 5. The van der Waals surface area contributed by atoms with Crippen LogP contribution in [0.25, 0.3) is 0 Å². The number of hydrogen-bond donors (Lipinski definition) is 2. The highest BCUT2D eigenvalue weighted by Crippen LogP contribution is 2.17. The van der Waals surface area contributed by atoms with Crippen molar-refractivity contribution >= 4 is 11.9 Å². The van der Waals surface area contributed by atoms with Crippen molar-refractivity contribution in [2.45, 2.75) is 25.8 Å². The molecule has 1 rings (SSSR count). The molecule has 0 saturated heterocycles.